The fourth-order valence-electron chi connectivity index (χ4n) is 6.00. The lowest BCUT2D eigenvalue weighted by Gasteiger charge is -2.44. The molecule has 5 fully saturated rings. The maximum atomic E-state index is 15.4. The Kier molecular flexibility index (Phi) is 2.43. The van der Waals surface area contributed by atoms with E-state index in [0.717, 1.165) is 12.8 Å². The second kappa shape index (κ2) is 4.05. The van der Waals surface area contributed by atoms with Gasteiger partial charge in [0.05, 0.1) is 13.0 Å². The minimum absolute atomic E-state index is 0.0657. The molecule has 0 spiro atoms. The van der Waals surface area contributed by atoms with Crippen LogP contribution >= 0.6 is 0 Å². The number of alkyl halides is 2. The standard InChI is InChI=1S/C18H18F2O3/c1-22-11-5-3-10(4-6-11)17-15-12-7-2-9(14(15)16(21)23-17)8-13(12)18(17,19)20/h3-6,9,12-15H,2,7-8H2,1H3/t9?,12?,13?,14?,15?,17-/m0/s1. The third kappa shape index (κ3) is 1.35. The Morgan fingerprint density at radius 2 is 1.96 bits per heavy atom. The molecular weight excluding hydrogens is 302 g/mol. The first-order chi connectivity index (χ1) is 11.0. The largest absolute Gasteiger partial charge is 0.497 e. The molecule has 1 heterocycles. The van der Waals surface area contributed by atoms with Gasteiger partial charge in [-0.2, -0.15) is 0 Å². The smallest absolute Gasteiger partial charge is 0.310 e. The normalized spacial score (nSPS) is 45.2. The number of fused-ring (bicyclic) bond motifs is 1. The van der Waals surface area contributed by atoms with E-state index in [0.29, 0.717) is 17.7 Å². The Hall–Kier alpha value is -1.65. The number of rotatable bonds is 2. The van der Waals surface area contributed by atoms with Crippen molar-refractivity contribution < 1.29 is 23.0 Å². The van der Waals surface area contributed by atoms with Crippen LogP contribution < -0.4 is 4.74 Å². The van der Waals surface area contributed by atoms with E-state index in [1.807, 2.05) is 0 Å². The zero-order chi connectivity index (χ0) is 16.0. The molecule has 6 rings (SSSR count). The van der Waals surface area contributed by atoms with Gasteiger partial charge in [0.15, 0.2) is 0 Å². The zero-order valence-corrected chi connectivity index (χ0v) is 12.8. The number of esters is 1. The average molecular weight is 320 g/mol. The Morgan fingerprint density at radius 3 is 2.65 bits per heavy atom. The number of halogens is 2. The van der Waals surface area contributed by atoms with Crippen LogP contribution in [0.5, 0.6) is 5.75 Å². The number of carbonyl (C=O) groups is 1. The summed E-state index contributed by atoms with van der Waals surface area (Å²) in [5, 5.41) is 0. The van der Waals surface area contributed by atoms with Crippen LogP contribution in [0.15, 0.2) is 24.3 Å². The number of hydrogen-bond acceptors (Lipinski definition) is 3. The van der Waals surface area contributed by atoms with Crippen LogP contribution in [0, 0.1) is 29.6 Å². The monoisotopic (exact) mass is 320 g/mol. The summed E-state index contributed by atoms with van der Waals surface area (Å²) in [6, 6.07) is 6.61. The lowest BCUT2D eigenvalue weighted by molar-refractivity contribution is -0.212. The Morgan fingerprint density at radius 1 is 1.22 bits per heavy atom. The maximum absolute atomic E-state index is 15.4. The third-order valence-electron chi connectivity index (χ3n) is 6.78. The Balaban J connectivity index is 1.72. The van der Waals surface area contributed by atoms with Gasteiger partial charge in [-0.25, -0.2) is 8.78 Å². The lowest BCUT2D eigenvalue weighted by Crippen LogP contribution is -2.47. The van der Waals surface area contributed by atoms with E-state index in [1.165, 1.54) is 7.11 Å². The molecule has 1 aromatic carbocycles. The average Bonchev–Trinajstić information content (AvgIpc) is 2.98. The molecule has 5 aliphatic rings. The van der Waals surface area contributed by atoms with E-state index in [2.05, 4.69) is 0 Å². The minimum Gasteiger partial charge on any atom is -0.497 e. The van der Waals surface area contributed by atoms with E-state index in [9.17, 15) is 4.79 Å². The topological polar surface area (TPSA) is 35.5 Å². The van der Waals surface area contributed by atoms with Crippen LogP contribution in [0.4, 0.5) is 8.78 Å². The van der Waals surface area contributed by atoms with Gasteiger partial charge in [0.2, 0.25) is 5.60 Å². The van der Waals surface area contributed by atoms with E-state index in [-0.39, 0.29) is 23.7 Å². The van der Waals surface area contributed by atoms with Crippen LogP contribution in [0.3, 0.4) is 0 Å². The van der Waals surface area contributed by atoms with E-state index < -0.39 is 23.4 Å². The Bertz CT molecular complexity index is 686. The fourth-order valence-corrected chi connectivity index (χ4v) is 6.00. The number of methoxy groups -OCH3 is 1. The molecule has 1 aliphatic heterocycles. The van der Waals surface area contributed by atoms with Crippen molar-refractivity contribution in [1.82, 2.24) is 0 Å². The molecule has 4 aliphatic carbocycles. The van der Waals surface area contributed by atoms with Crippen molar-refractivity contribution >= 4 is 5.97 Å². The van der Waals surface area contributed by atoms with Crippen LogP contribution in [-0.4, -0.2) is 19.0 Å². The van der Waals surface area contributed by atoms with E-state index in [1.54, 1.807) is 24.3 Å². The molecule has 4 bridgehead atoms. The first-order valence-electron chi connectivity index (χ1n) is 8.26. The van der Waals surface area contributed by atoms with Gasteiger partial charge in [-0.15, -0.1) is 0 Å². The van der Waals surface area contributed by atoms with Crippen molar-refractivity contribution in [3.8, 4) is 5.75 Å². The minimum atomic E-state index is -3.00. The van der Waals surface area contributed by atoms with Gasteiger partial charge < -0.3 is 9.47 Å². The van der Waals surface area contributed by atoms with E-state index in [4.69, 9.17) is 9.47 Å². The highest BCUT2D eigenvalue weighted by Gasteiger charge is 2.83. The quantitative estimate of drug-likeness (QED) is 0.784. The van der Waals surface area contributed by atoms with Crippen molar-refractivity contribution in [2.75, 3.05) is 7.11 Å². The molecule has 4 saturated carbocycles. The number of carbonyl (C=O) groups excluding carboxylic acids is 1. The summed E-state index contributed by atoms with van der Waals surface area (Å²) in [5.41, 5.74) is -1.36. The molecule has 122 valence electrons. The van der Waals surface area contributed by atoms with Gasteiger partial charge in [0.25, 0.3) is 5.92 Å². The first kappa shape index (κ1) is 13.8. The molecule has 1 saturated heterocycles. The summed E-state index contributed by atoms with van der Waals surface area (Å²) in [6.45, 7) is 0. The summed E-state index contributed by atoms with van der Waals surface area (Å²) >= 11 is 0. The SMILES string of the molecule is COc1ccc([C@@]23OC(=O)C4C5CCC(C(C5)C2(F)F)C43)cc1. The molecule has 1 aromatic rings. The molecule has 3 nitrogen and oxygen atoms in total. The zero-order valence-electron chi connectivity index (χ0n) is 12.8. The highest BCUT2D eigenvalue weighted by atomic mass is 19.3. The van der Waals surface area contributed by atoms with Crippen LogP contribution in [-0.2, 0) is 15.1 Å². The highest BCUT2D eigenvalue weighted by Crippen LogP contribution is 2.75. The molecule has 5 heteroatoms. The van der Waals surface area contributed by atoms with E-state index >= 15 is 8.78 Å². The van der Waals surface area contributed by atoms with Crippen LogP contribution in [0.25, 0.3) is 0 Å². The van der Waals surface area contributed by atoms with Gasteiger partial charge in [0, 0.05) is 17.4 Å². The second-order valence-corrected chi connectivity index (χ2v) is 7.40. The fraction of sp³-hybridized carbons (Fsp3) is 0.611. The van der Waals surface area contributed by atoms with Gasteiger partial charge >= 0.3 is 5.97 Å². The molecule has 6 atom stereocenters. The van der Waals surface area contributed by atoms with Crippen molar-refractivity contribution in [2.45, 2.75) is 30.8 Å². The van der Waals surface area contributed by atoms with Gasteiger partial charge in [0.1, 0.15) is 5.75 Å². The van der Waals surface area contributed by atoms with Crippen LogP contribution in [0.1, 0.15) is 24.8 Å². The first-order valence-corrected chi connectivity index (χ1v) is 8.26. The third-order valence-corrected chi connectivity index (χ3v) is 6.78. The predicted octanol–water partition coefficient (Wildman–Crippen LogP) is 3.37. The predicted molar refractivity (Wildman–Crippen MR) is 77.0 cm³/mol. The Labute approximate surface area is 133 Å². The molecule has 5 unspecified atom stereocenters. The maximum Gasteiger partial charge on any atom is 0.310 e. The molecule has 23 heavy (non-hydrogen) atoms. The van der Waals surface area contributed by atoms with Crippen molar-refractivity contribution in [2.24, 2.45) is 29.6 Å². The van der Waals surface area contributed by atoms with Crippen molar-refractivity contribution in [3.63, 3.8) is 0 Å². The molecular formula is C18H18F2O3. The lowest BCUT2D eigenvalue weighted by atomic mass is 9.57. The second-order valence-electron chi connectivity index (χ2n) is 7.40. The molecule has 0 amide bonds. The van der Waals surface area contributed by atoms with Gasteiger partial charge in [-0.05, 0) is 43.2 Å². The number of benzene rings is 1. The van der Waals surface area contributed by atoms with Crippen molar-refractivity contribution in [3.05, 3.63) is 29.8 Å². The summed E-state index contributed by atoms with van der Waals surface area (Å²) < 4.78 is 41.5. The summed E-state index contributed by atoms with van der Waals surface area (Å²) in [4.78, 5) is 12.4. The number of ether oxygens (including phenoxy) is 2. The van der Waals surface area contributed by atoms with Gasteiger partial charge in [-0.1, -0.05) is 12.1 Å². The van der Waals surface area contributed by atoms with Crippen LogP contribution in [0.2, 0.25) is 0 Å². The van der Waals surface area contributed by atoms with Crippen molar-refractivity contribution in [1.29, 1.82) is 0 Å². The summed E-state index contributed by atoms with van der Waals surface area (Å²) in [7, 11) is 1.54. The summed E-state index contributed by atoms with van der Waals surface area (Å²) in [6.07, 6.45) is 2.14. The molecule has 0 aromatic heterocycles. The molecule has 0 N–H and O–H groups in total. The number of hydrogen-bond donors (Lipinski definition) is 0. The molecule has 0 radical (unpaired) electrons. The van der Waals surface area contributed by atoms with Gasteiger partial charge in [-0.3, -0.25) is 4.79 Å². The summed E-state index contributed by atoms with van der Waals surface area (Å²) in [5.74, 6) is -4.23. The highest BCUT2D eigenvalue weighted by molar-refractivity contribution is 5.78.